The molecular formula is C16H25N5O2. The highest BCUT2D eigenvalue weighted by Gasteiger charge is 2.39. The minimum atomic E-state index is -0.357. The molecule has 126 valence electrons. The predicted octanol–water partition coefficient (Wildman–Crippen LogP) is 0.673. The monoisotopic (exact) mass is 319 g/mol. The van der Waals surface area contributed by atoms with Crippen molar-refractivity contribution in [2.45, 2.75) is 63.3 Å². The molecule has 3 heterocycles. The summed E-state index contributed by atoms with van der Waals surface area (Å²) in [4.78, 5) is 17.2. The number of aliphatic hydroxyl groups is 1. The summed E-state index contributed by atoms with van der Waals surface area (Å²) in [5, 5.41) is 17.8. The van der Waals surface area contributed by atoms with E-state index < -0.39 is 0 Å². The van der Waals surface area contributed by atoms with Gasteiger partial charge in [-0.15, -0.1) is 5.10 Å². The van der Waals surface area contributed by atoms with Crippen LogP contribution in [0.4, 0.5) is 0 Å². The van der Waals surface area contributed by atoms with Crippen LogP contribution in [0.25, 0.3) is 0 Å². The molecule has 3 fully saturated rings. The van der Waals surface area contributed by atoms with Gasteiger partial charge in [0.25, 0.3) is 5.91 Å². The molecule has 1 aromatic rings. The van der Waals surface area contributed by atoms with Crippen molar-refractivity contribution in [2.24, 2.45) is 0 Å². The summed E-state index contributed by atoms with van der Waals surface area (Å²) in [5.74, 6) is -0.0285. The van der Waals surface area contributed by atoms with E-state index in [0.717, 1.165) is 38.9 Å². The highest BCUT2D eigenvalue weighted by Crippen LogP contribution is 2.32. The Morgan fingerprint density at radius 3 is 2.61 bits per heavy atom. The first-order valence-electron chi connectivity index (χ1n) is 8.80. The number of rotatable bonds is 3. The number of carbonyl (C=O) groups is 1. The van der Waals surface area contributed by atoms with E-state index in [0.29, 0.717) is 11.7 Å². The van der Waals surface area contributed by atoms with Crippen LogP contribution in [0.2, 0.25) is 0 Å². The average molecular weight is 319 g/mol. The molecule has 2 saturated heterocycles. The fourth-order valence-corrected chi connectivity index (χ4v) is 4.23. The zero-order valence-corrected chi connectivity index (χ0v) is 13.6. The van der Waals surface area contributed by atoms with E-state index in [2.05, 4.69) is 22.1 Å². The summed E-state index contributed by atoms with van der Waals surface area (Å²) in [6, 6.07) is 0.683. The number of hydrogen-bond acceptors (Lipinski definition) is 5. The minimum Gasteiger partial charge on any atom is -0.391 e. The Morgan fingerprint density at radius 1 is 1.17 bits per heavy atom. The molecule has 7 heteroatoms. The number of amides is 1. The number of likely N-dealkylation sites (tertiary alicyclic amines) is 2. The summed E-state index contributed by atoms with van der Waals surface area (Å²) in [5.41, 5.74) is 0.401. The molecule has 1 amide bonds. The van der Waals surface area contributed by atoms with E-state index in [1.54, 1.807) is 10.9 Å². The van der Waals surface area contributed by atoms with Crippen LogP contribution in [0.3, 0.4) is 0 Å². The number of nitrogens with zero attached hydrogens (tertiary/aromatic N) is 5. The van der Waals surface area contributed by atoms with Crippen molar-refractivity contribution in [2.75, 3.05) is 19.6 Å². The second-order valence-electron chi connectivity index (χ2n) is 7.13. The maximum Gasteiger partial charge on any atom is 0.276 e. The Morgan fingerprint density at radius 2 is 1.96 bits per heavy atom. The first kappa shape index (κ1) is 15.1. The van der Waals surface area contributed by atoms with E-state index in [1.165, 1.54) is 12.8 Å². The van der Waals surface area contributed by atoms with Crippen LogP contribution >= 0.6 is 0 Å². The third-order valence-electron chi connectivity index (χ3n) is 5.86. The van der Waals surface area contributed by atoms with Crippen LogP contribution in [-0.2, 0) is 0 Å². The van der Waals surface area contributed by atoms with Crippen LogP contribution < -0.4 is 0 Å². The third kappa shape index (κ3) is 2.55. The van der Waals surface area contributed by atoms with Crippen molar-refractivity contribution in [3.8, 4) is 0 Å². The SMILES string of the molecule is CC1C(N2CCCC2)CCN1C(=O)c1cn([C@@H]2CC[C@H]2O)nn1. The molecule has 1 N–H and O–H groups in total. The van der Waals surface area contributed by atoms with Crippen molar-refractivity contribution in [3.63, 3.8) is 0 Å². The molecule has 2 unspecified atom stereocenters. The Kier molecular flexibility index (Phi) is 3.85. The Labute approximate surface area is 136 Å². The quantitative estimate of drug-likeness (QED) is 0.886. The van der Waals surface area contributed by atoms with Gasteiger partial charge in [0.2, 0.25) is 0 Å². The van der Waals surface area contributed by atoms with Gasteiger partial charge >= 0.3 is 0 Å². The molecule has 4 atom stereocenters. The highest BCUT2D eigenvalue weighted by atomic mass is 16.3. The molecule has 0 radical (unpaired) electrons. The summed E-state index contributed by atoms with van der Waals surface area (Å²) < 4.78 is 1.65. The topological polar surface area (TPSA) is 74.5 Å². The summed E-state index contributed by atoms with van der Waals surface area (Å²) >= 11 is 0. The van der Waals surface area contributed by atoms with Gasteiger partial charge in [-0.25, -0.2) is 4.68 Å². The van der Waals surface area contributed by atoms with Crippen molar-refractivity contribution in [3.05, 3.63) is 11.9 Å². The average Bonchev–Trinajstić information content (AvgIpc) is 3.25. The summed E-state index contributed by atoms with van der Waals surface area (Å²) in [6.45, 7) is 5.26. The molecule has 1 aliphatic carbocycles. The van der Waals surface area contributed by atoms with Gasteiger partial charge < -0.3 is 10.0 Å². The lowest BCUT2D eigenvalue weighted by Gasteiger charge is -2.31. The standard InChI is InChI=1S/C16H25N5O2/c1-11-13(19-7-2-3-8-19)6-9-20(11)16(23)12-10-21(18-17-12)14-4-5-15(14)22/h10-11,13-15,22H,2-9H2,1H3/t11?,13?,14-,15-/m1/s1. The molecule has 0 aromatic carbocycles. The predicted molar refractivity (Wildman–Crippen MR) is 84.0 cm³/mol. The maximum atomic E-state index is 12.8. The molecule has 2 aliphatic heterocycles. The molecule has 0 spiro atoms. The third-order valence-corrected chi connectivity index (χ3v) is 5.86. The smallest absolute Gasteiger partial charge is 0.276 e. The van der Waals surface area contributed by atoms with Gasteiger partial charge in [0, 0.05) is 18.6 Å². The van der Waals surface area contributed by atoms with Gasteiger partial charge in [-0.1, -0.05) is 5.21 Å². The zero-order chi connectivity index (χ0) is 16.0. The lowest BCUT2D eigenvalue weighted by atomic mass is 9.89. The molecular weight excluding hydrogens is 294 g/mol. The van der Waals surface area contributed by atoms with Gasteiger partial charge in [-0.3, -0.25) is 9.69 Å². The molecule has 23 heavy (non-hydrogen) atoms. The lowest BCUT2D eigenvalue weighted by Crippen LogP contribution is -2.44. The Balaban J connectivity index is 1.44. The van der Waals surface area contributed by atoms with Crippen LogP contribution in [0.15, 0.2) is 6.20 Å². The van der Waals surface area contributed by atoms with Gasteiger partial charge in [-0.2, -0.15) is 0 Å². The number of aromatic nitrogens is 3. The largest absolute Gasteiger partial charge is 0.391 e. The first-order chi connectivity index (χ1) is 11.1. The Hall–Kier alpha value is -1.47. The van der Waals surface area contributed by atoms with Gasteiger partial charge in [-0.05, 0) is 52.1 Å². The van der Waals surface area contributed by atoms with E-state index in [-0.39, 0.29) is 24.1 Å². The second-order valence-corrected chi connectivity index (χ2v) is 7.13. The van der Waals surface area contributed by atoms with Gasteiger partial charge in [0.05, 0.1) is 18.3 Å². The van der Waals surface area contributed by atoms with E-state index in [1.807, 2.05) is 4.90 Å². The van der Waals surface area contributed by atoms with Crippen molar-refractivity contribution in [1.29, 1.82) is 0 Å². The van der Waals surface area contributed by atoms with Crippen molar-refractivity contribution in [1.82, 2.24) is 24.8 Å². The van der Waals surface area contributed by atoms with Crippen LogP contribution in [-0.4, -0.2) is 73.6 Å². The second kappa shape index (κ2) is 5.87. The number of aliphatic hydroxyl groups excluding tert-OH is 1. The van der Waals surface area contributed by atoms with Crippen LogP contribution in [0.1, 0.15) is 55.6 Å². The molecule has 3 aliphatic rings. The summed E-state index contributed by atoms with van der Waals surface area (Å²) in [7, 11) is 0. The minimum absolute atomic E-state index is 0.0163. The normalized spacial score (nSPS) is 34.8. The lowest BCUT2D eigenvalue weighted by molar-refractivity contribution is 0.0244. The van der Waals surface area contributed by atoms with E-state index >= 15 is 0 Å². The van der Waals surface area contributed by atoms with Crippen molar-refractivity contribution >= 4 is 5.91 Å². The molecule has 1 aromatic heterocycles. The van der Waals surface area contributed by atoms with Gasteiger partial charge in [0.1, 0.15) is 0 Å². The molecule has 4 rings (SSSR count). The zero-order valence-electron chi connectivity index (χ0n) is 13.6. The van der Waals surface area contributed by atoms with Crippen LogP contribution in [0, 0.1) is 0 Å². The van der Waals surface area contributed by atoms with Crippen molar-refractivity contribution < 1.29 is 9.90 Å². The van der Waals surface area contributed by atoms with E-state index in [9.17, 15) is 9.90 Å². The summed E-state index contributed by atoms with van der Waals surface area (Å²) in [6.07, 6.45) is 6.63. The fraction of sp³-hybridized carbons (Fsp3) is 0.812. The Bertz CT molecular complexity index is 583. The van der Waals surface area contributed by atoms with Gasteiger partial charge in [0.15, 0.2) is 5.69 Å². The molecule has 1 saturated carbocycles. The highest BCUT2D eigenvalue weighted by molar-refractivity contribution is 5.92. The first-order valence-corrected chi connectivity index (χ1v) is 8.80. The van der Waals surface area contributed by atoms with E-state index in [4.69, 9.17) is 0 Å². The maximum absolute atomic E-state index is 12.8. The number of carbonyl (C=O) groups excluding carboxylic acids is 1. The fourth-order valence-electron chi connectivity index (χ4n) is 4.23. The van der Waals surface area contributed by atoms with Crippen LogP contribution in [0.5, 0.6) is 0 Å². The molecule has 7 nitrogen and oxygen atoms in total. The molecule has 0 bridgehead atoms. The number of hydrogen-bond donors (Lipinski definition) is 1.